The van der Waals surface area contributed by atoms with Gasteiger partial charge in [-0.25, -0.2) is 0 Å². The Morgan fingerprint density at radius 1 is 1.18 bits per heavy atom. The molecule has 0 spiro atoms. The third kappa shape index (κ3) is 5.85. The van der Waals surface area contributed by atoms with Crippen molar-refractivity contribution in [3.63, 3.8) is 0 Å². The van der Waals surface area contributed by atoms with E-state index >= 15 is 0 Å². The van der Waals surface area contributed by atoms with Gasteiger partial charge in [0.25, 0.3) is 5.91 Å². The Morgan fingerprint density at radius 2 is 1.89 bits per heavy atom. The number of amides is 1. The SMILES string of the molecule is Cc1cc(OCC(=O)NCC(c2ccc(Cl)cc2)N2CCOCC2)ccc1Cl. The largest absolute Gasteiger partial charge is 0.484 e. The van der Waals surface area contributed by atoms with E-state index in [0.717, 1.165) is 24.2 Å². The predicted octanol–water partition coefficient (Wildman–Crippen LogP) is 3.87. The minimum atomic E-state index is -0.167. The van der Waals surface area contributed by atoms with Crippen LogP contribution in [0.1, 0.15) is 17.2 Å². The highest BCUT2D eigenvalue weighted by Crippen LogP contribution is 2.23. The molecule has 1 atom stereocenters. The summed E-state index contributed by atoms with van der Waals surface area (Å²) in [7, 11) is 0. The first-order valence-corrected chi connectivity index (χ1v) is 10.0. The molecule has 3 rings (SSSR count). The van der Waals surface area contributed by atoms with Crippen molar-refractivity contribution in [3.8, 4) is 5.75 Å². The summed E-state index contributed by atoms with van der Waals surface area (Å²) in [5, 5.41) is 4.35. The molecule has 1 fully saturated rings. The molecular weight excluding hydrogens is 399 g/mol. The third-order valence-electron chi connectivity index (χ3n) is 4.73. The minimum Gasteiger partial charge on any atom is -0.484 e. The number of benzene rings is 2. The Labute approximate surface area is 175 Å². The van der Waals surface area contributed by atoms with Crippen LogP contribution in [-0.2, 0) is 9.53 Å². The fourth-order valence-corrected chi connectivity index (χ4v) is 3.39. The van der Waals surface area contributed by atoms with Crippen molar-refractivity contribution in [2.24, 2.45) is 0 Å². The second-order valence-electron chi connectivity index (χ2n) is 6.72. The highest BCUT2D eigenvalue weighted by molar-refractivity contribution is 6.31. The molecule has 1 heterocycles. The molecule has 28 heavy (non-hydrogen) atoms. The minimum absolute atomic E-state index is 0.0441. The van der Waals surface area contributed by atoms with Gasteiger partial charge in [0.1, 0.15) is 5.75 Å². The number of morpholine rings is 1. The van der Waals surface area contributed by atoms with Crippen LogP contribution in [-0.4, -0.2) is 50.3 Å². The van der Waals surface area contributed by atoms with E-state index in [1.54, 1.807) is 12.1 Å². The molecule has 5 nitrogen and oxygen atoms in total. The van der Waals surface area contributed by atoms with E-state index in [1.807, 2.05) is 37.3 Å². The number of ether oxygens (including phenoxy) is 2. The number of carbonyl (C=O) groups excluding carboxylic acids is 1. The Bertz CT molecular complexity index is 793. The van der Waals surface area contributed by atoms with Crippen molar-refractivity contribution in [2.75, 3.05) is 39.5 Å². The zero-order chi connectivity index (χ0) is 19.9. The smallest absolute Gasteiger partial charge is 0.258 e. The first kappa shape index (κ1) is 20.9. The Morgan fingerprint density at radius 3 is 2.57 bits per heavy atom. The number of hydrogen-bond acceptors (Lipinski definition) is 4. The summed E-state index contributed by atoms with van der Waals surface area (Å²) in [5.41, 5.74) is 2.02. The standard InChI is InChI=1S/C21H24Cl2N2O3/c1-15-12-18(6-7-19(15)23)28-14-21(26)24-13-20(25-8-10-27-11-9-25)16-2-4-17(22)5-3-16/h2-7,12,20H,8-11,13-14H2,1H3,(H,24,26). The van der Waals surface area contributed by atoms with Gasteiger partial charge in [0.15, 0.2) is 6.61 Å². The van der Waals surface area contributed by atoms with Gasteiger partial charge in [0, 0.05) is 29.7 Å². The van der Waals surface area contributed by atoms with Crippen LogP contribution in [0.2, 0.25) is 10.0 Å². The van der Waals surface area contributed by atoms with Crippen molar-refractivity contribution >= 4 is 29.1 Å². The quantitative estimate of drug-likeness (QED) is 0.735. The highest BCUT2D eigenvalue weighted by Gasteiger charge is 2.23. The van der Waals surface area contributed by atoms with Crippen molar-refractivity contribution in [2.45, 2.75) is 13.0 Å². The molecule has 1 aliphatic rings. The lowest BCUT2D eigenvalue weighted by Crippen LogP contribution is -2.44. The lowest BCUT2D eigenvalue weighted by atomic mass is 10.0. The predicted molar refractivity (Wildman–Crippen MR) is 111 cm³/mol. The number of halogens is 2. The zero-order valence-electron chi connectivity index (χ0n) is 15.8. The second-order valence-corrected chi connectivity index (χ2v) is 7.56. The van der Waals surface area contributed by atoms with E-state index in [9.17, 15) is 4.79 Å². The molecule has 0 bridgehead atoms. The summed E-state index contributed by atoms with van der Waals surface area (Å²) in [5.74, 6) is 0.458. The fraction of sp³-hybridized carbons (Fsp3) is 0.381. The van der Waals surface area contributed by atoms with Crippen LogP contribution >= 0.6 is 23.2 Å². The number of nitrogens with one attached hydrogen (secondary N) is 1. The maximum atomic E-state index is 12.3. The molecule has 0 radical (unpaired) electrons. The van der Waals surface area contributed by atoms with Crippen molar-refractivity contribution in [3.05, 3.63) is 63.6 Å². The van der Waals surface area contributed by atoms with Crippen LogP contribution in [0.5, 0.6) is 5.75 Å². The first-order valence-electron chi connectivity index (χ1n) is 9.26. The van der Waals surface area contributed by atoms with Crippen LogP contribution in [0.4, 0.5) is 0 Å². The van der Waals surface area contributed by atoms with E-state index in [1.165, 1.54) is 0 Å². The molecule has 0 saturated carbocycles. The van der Waals surface area contributed by atoms with Crippen LogP contribution in [0.3, 0.4) is 0 Å². The molecule has 2 aromatic rings. The van der Waals surface area contributed by atoms with Crippen molar-refractivity contribution < 1.29 is 14.3 Å². The summed E-state index contributed by atoms with van der Waals surface area (Å²) in [6.45, 7) is 5.37. The number of rotatable bonds is 7. The van der Waals surface area contributed by atoms with Gasteiger partial charge in [0.2, 0.25) is 0 Å². The van der Waals surface area contributed by atoms with Gasteiger partial charge in [-0.2, -0.15) is 0 Å². The molecular formula is C21H24Cl2N2O3. The molecule has 7 heteroatoms. The number of aryl methyl sites for hydroxylation is 1. The molecule has 0 aliphatic carbocycles. The van der Waals surface area contributed by atoms with Gasteiger partial charge in [-0.1, -0.05) is 35.3 Å². The second kappa shape index (κ2) is 10.1. The number of carbonyl (C=O) groups is 1. The summed E-state index contributed by atoms with van der Waals surface area (Å²) in [6, 6.07) is 13.1. The maximum absolute atomic E-state index is 12.3. The van der Waals surface area contributed by atoms with Crippen LogP contribution in [0.25, 0.3) is 0 Å². The van der Waals surface area contributed by atoms with Gasteiger partial charge in [-0.05, 0) is 48.4 Å². The average Bonchev–Trinajstić information content (AvgIpc) is 2.71. The maximum Gasteiger partial charge on any atom is 0.258 e. The number of nitrogens with zero attached hydrogens (tertiary/aromatic N) is 1. The third-order valence-corrected chi connectivity index (χ3v) is 5.41. The Hall–Kier alpha value is -1.79. The van der Waals surface area contributed by atoms with Gasteiger partial charge in [0.05, 0.1) is 19.3 Å². The molecule has 1 aliphatic heterocycles. The Kier molecular flexibility index (Phi) is 7.57. The van der Waals surface area contributed by atoms with Gasteiger partial charge >= 0.3 is 0 Å². The normalized spacial score (nSPS) is 15.8. The molecule has 1 N–H and O–H groups in total. The van der Waals surface area contributed by atoms with Crippen LogP contribution in [0.15, 0.2) is 42.5 Å². The molecule has 0 aromatic heterocycles. The highest BCUT2D eigenvalue weighted by atomic mass is 35.5. The summed E-state index contributed by atoms with van der Waals surface area (Å²) < 4.78 is 11.0. The van der Waals surface area contributed by atoms with E-state index in [2.05, 4.69) is 10.2 Å². The zero-order valence-corrected chi connectivity index (χ0v) is 17.3. The van der Waals surface area contributed by atoms with Crippen molar-refractivity contribution in [1.82, 2.24) is 10.2 Å². The molecule has 1 saturated heterocycles. The molecule has 150 valence electrons. The number of hydrogen-bond donors (Lipinski definition) is 1. The van der Waals surface area contributed by atoms with E-state index in [4.69, 9.17) is 32.7 Å². The Balaban J connectivity index is 1.58. The monoisotopic (exact) mass is 422 g/mol. The van der Waals surface area contributed by atoms with E-state index in [-0.39, 0.29) is 18.6 Å². The molecule has 2 aromatic carbocycles. The van der Waals surface area contributed by atoms with Gasteiger partial charge < -0.3 is 14.8 Å². The summed E-state index contributed by atoms with van der Waals surface area (Å²) in [4.78, 5) is 14.6. The fourth-order valence-electron chi connectivity index (χ4n) is 3.15. The van der Waals surface area contributed by atoms with Gasteiger partial charge in [-0.3, -0.25) is 9.69 Å². The summed E-state index contributed by atoms with van der Waals surface area (Å²) in [6.07, 6.45) is 0. The average molecular weight is 423 g/mol. The molecule has 1 unspecified atom stereocenters. The molecule has 1 amide bonds. The summed E-state index contributed by atoms with van der Waals surface area (Å²) >= 11 is 12.0. The topological polar surface area (TPSA) is 50.8 Å². The lowest BCUT2D eigenvalue weighted by molar-refractivity contribution is -0.123. The first-order chi connectivity index (χ1) is 13.5. The van der Waals surface area contributed by atoms with Crippen molar-refractivity contribution in [1.29, 1.82) is 0 Å². The van der Waals surface area contributed by atoms with Crippen LogP contribution in [0, 0.1) is 6.92 Å². The van der Waals surface area contributed by atoms with E-state index in [0.29, 0.717) is 35.6 Å². The lowest BCUT2D eigenvalue weighted by Gasteiger charge is -2.35. The van der Waals surface area contributed by atoms with Crippen LogP contribution < -0.4 is 10.1 Å². The van der Waals surface area contributed by atoms with Gasteiger partial charge in [-0.15, -0.1) is 0 Å². The van der Waals surface area contributed by atoms with E-state index < -0.39 is 0 Å².